The van der Waals surface area contributed by atoms with Crippen LogP contribution in [0.2, 0.25) is 0 Å². The Bertz CT molecular complexity index is 498. The third-order valence-electron chi connectivity index (χ3n) is 5.05. The van der Waals surface area contributed by atoms with Gasteiger partial charge in [-0.1, -0.05) is 12.5 Å². The summed E-state index contributed by atoms with van der Waals surface area (Å²) in [4.78, 5) is 4.76. The van der Waals surface area contributed by atoms with Crippen molar-refractivity contribution in [2.45, 2.75) is 31.7 Å². The predicted octanol–water partition coefficient (Wildman–Crippen LogP) is 2.73. The molecule has 1 atom stereocenters. The first-order valence-electron chi connectivity index (χ1n) is 8.96. The summed E-state index contributed by atoms with van der Waals surface area (Å²) in [6, 6.07) is 7.26. The van der Waals surface area contributed by atoms with E-state index in [1.54, 1.807) is 0 Å². The molecule has 23 heavy (non-hydrogen) atoms. The minimum absolute atomic E-state index is 0.551. The van der Waals surface area contributed by atoms with Gasteiger partial charge < -0.3 is 14.4 Å². The molecule has 1 aromatic rings. The molecule has 0 bridgehead atoms. The largest absolute Gasteiger partial charge is 0.492 e. The lowest BCUT2D eigenvalue weighted by Crippen LogP contribution is -2.38. The van der Waals surface area contributed by atoms with Gasteiger partial charge in [-0.25, -0.2) is 0 Å². The third-order valence-corrected chi connectivity index (χ3v) is 5.05. The van der Waals surface area contributed by atoms with Crippen LogP contribution < -0.4 is 4.74 Å². The summed E-state index contributed by atoms with van der Waals surface area (Å²) in [7, 11) is 4.37. The van der Waals surface area contributed by atoms with Crippen molar-refractivity contribution < 1.29 is 9.47 Å². The molecule has 0 spiro atoms. The topological polar surface area (TPSA) is 24.9 Å². The summed E-state index contributed by atoms with van der Waals surface area (Å²) in [6.45, 7) is 5.50. The molecular weight excluding hydrogens is 288 g/mol. The molecule has 4 nitrogen and oxygen atoms in total. The first-order valence-corrected chi connectivity index (χ1v) is 8.96. The maximum absolute atomic E-state index is 6.02. The molecule has 128 valence electrons. The fraction of sp³-hybridized carbons (Fsp3) is 0.684. The van der Waals surface area contributed by atoms with E-state index in [4.69, 9.17) is 9.47 Å². The Hall–Kier alpha value is -1.10. The summed E-state index contributed by atoms with van der Waals surface area (Å²) in [5.74, 6) is 1.02. The molecule has 0 aromatic heterocycles. The van der Waals surface area contributed by atoms with Crippen molar-refractivity contribution >= 4 is 0 Å². The summed E-state index contributed by atoms with van der Waals surface area (Å²) in [5.41, 5.74) is 2.97. The Balaban J connectivity index is 1.59. The van der Waals surface area contributed by atoms with Gasteiger partial charge in [0.1, 0.15) is 12.4 Å². The van der Waals surface area contributed by atoms with Crippen LogP contribution in [0.1, 0.15) is 36.4 Å². The van der Waals surface area contributed by atoms with E-state index in [1.165, 1.54) is 36.8 Å². The first-order chi connectivity index (χ1) is 11.2. The number of morpholine rings is 1. The Labute approximate surface area is 140 Å². The lowest BCUT2D eigenvalue weighted by molar-refractivity contribution is 0.0322. The number of aryl methyl sites for hydroxylation is 1. The second-order valence-electron chi connectivity index (χ2n) is 6.89. The van der Waals surface area contributed by atoms with E-state index < -0.39 is 0 Å². The molecule has 1 unspecified atom stereocenters. The Morgan fingerprint density at radius 3 is 2.83 bits per heavy atom. The van der Waals surface area contributed by atoms with Gasteiger partial charge in [-0.2, -0.15) is 0 Å². The van der Waals surface area contributed by atoms with Gasteiger partial charge in [0.15, 0.2) is 0 Å². The zero-order valence-electron chi connectivity index (χ0n) is 14.6. The molecule has 0 N–H and O–H groups in total. The monoisotopic (exact) mass is 318 g/mol. The Kier molecular flexibility index (Phi) is 5.92. The summed E-state index contributed by atoms with van der Waals surface area (Å²) in [5, 5.41) is 0. The van der Waals surface area contributed by atoms with Crippen molar-refractivity contribution in [3.63, 3.8) is 0 Å². The van der Waals surface area contributed by atoms with Crippen LogP contribution in [0.15, 0.2) is 18.2 Å². The third kappa shape index (κ3) is 4.46. The number of benzene rings is 1. The maximum Gasteiger partial charge on any atom is 0.119 e. The molecule has 0 radical (unpaired) electrons. The van der Waals surface area contributed by atoms with Gasteiger partial charge in [-0.3, -0.25) is 4.90 Å². The quantitative estimate of drug-likeness (QED) is 0.780. The highest BCUT2D eigenvalue weighted by Crippen LogP contribution is 2.33. The van der Waals surface area contributed by atoms with Crippen LogP contribution in [0.5, 0.6) is 5.75 Å². The number of fused-ring (bicyclic) bond motifs is 1. The molecule has 1 fully saturated rings. The number of ether oxygens (including phenoxy) is 2. The van der Waals surface area contributed by atoms with Crippen LogP contribution in [-0.2, 0) is 11.2 Å². The Morgan fingerprint density at radius 2 is 2.04 bits per heavy atom. The van der Waals surface area contributed by atoms with Crippen molar-refractivity contribution in [2.24, 2.45) is 0 Å². The second kappa shape index (κ2) is 8.13. The average Bonchev–Trinajstić information content (AvgIpc) is 2.78. The molecule has 0 saturated carbocycles. The van der Waals surface area contributed by atoms with Gasteiger partial charge in [0.05, 0.1) is 13.2 Å². The normalized spacial score (nSPS) is 22.7. The lowest BCUT2D eigenvalue weighted by Gasteiger charge is -2.27. The van der Waals surface area contributed by atoms with Crippen molar-refractivity contribution in [3.8, 4) is 5.75 Å². The SMILES string of the molecule is CN(C)C1CCCCc2cc(OCCN3CCOCC3)ccc21. The Morgan fingerprint density at radius 1 is 1.22 bits per heavy atom. The number of rotatable bonds is 5. The molecule has 4 heteroatoms. The molecule has 1 aromatic carbocycles. The number of hydrogen-bond donors (Lipinski definition) is 0. The van der Waals surface area contributed by atoms with Crippen molar-refractivity contribution in [1.29, 1.82) is 0 Å². The van der Waals surface area contributed by atoms with Crippen LogP contribution in [-0.4, -0.2) is 63.4 Å². The molecule has 1 aliphatic carbocycles. The molecule has 3 rings (SSSR count). The molecule has 1 saturated heterocycles. The highest BCUT2D eigenvalue weighted by molar-refractivity contribution is 5.38. The molecule has 1 aliphatic heterocycles. The molecule has 0 amide bonds. The summed E-state index contributed by atoms with van der Waals surface area (Å²) < 4.78 is 11.4. The van der Waals surface area contributed by atoms with Gasteiger partial charge in [0.25, 0.3) is 0 Å². The first kappa shape index (κ1) is 16.7. The minimum atomic E-state index is 0.551. The second-order valence-corrected chi connectivity index (χ2v) is 6.89. The average molecular weight is 318 g/mol. The van der Waals surface area contributed by atoms with Crippen LogP contribution >= 0.6 is 0 Å². The van der Waals surface area contributed by atoms with Gasteiger partial charge in [0.2, 0.25) is 0 Å². The van der Waals surface area contributed by atoms with E-state index in [-0.39, 0.29) is 0 Å². The minimum Gasteiger partial charge on any atom is -0.492 e. The number of nitrogens with zero attached hydrogens (tertiary/aromatic N) is 2. The maximum atomic E-state index is 6.02. The zero-order valence-corrected chi connectivity index (χ0v) is 14.6. The van der Waals surface area contributed by atoms with Gasteiger partial charge in [-0.15, -0.1) is 0 Å². The number of hydrogen-bond acceptors (Lipinski definition) is 4. The van der Waals surface area contributed by atoms with E-state index in [0.717, 1.165) is 45.2 Å². The van der Waals surface area contributed by atoms with Crippen LogP contribution in [0, 0.1) is 0 Å². The van der Waals surface area contributed by atoms with E-state index in [2.05, 4.69) is 42.1 Å². The van der Waals surface area contributed by atoms with Crippen LogP contribution in [0.25, 0.3) is 0 Å². The van der Waals surface area contributed by atoms with Crippen LogP contribution in [0.4, 0.5) is 0 Å². The van der Waals surface area contributed by atoms with E-state index in [1.807, 2.05) is 0 Å². The van der Waals surface area contributed by atoms with Crippen LogP contribution in [0.3, 0.4) is 0 Å². The fourth-order valence-corrected chi connectivity index (χ4v) is 3.68. The van der Waals surface area contributed by atoms with Crippen molar-refractivity contribution in [2.75, 3.05) is 53.6 Å². The predicted molar refractivity (Wildman–Crippen MR) is 93.2 cm³/mol. The summed E-state index contributed by atoms with van der Waals surface area (Å²) in [6.07, 6.45) is 5.04. The molecule has 1 heterocycles. The standard InChI is InChI=1S/C19H30N2O2/c1-20(2)19-6-4-3-5-16-15-17(7-8-18(16)19)23-14-11-21-9-12-22-13-10-21/h7-8,15,19H,3-6,9-14H2,1-2H3. The zero-order chi connectivity index (χ0) is 16.1. The fourth-order valence-electron chi connectivity index (χ4n) is 3.68. The molecule has 2 aliphatic rings. The van der Waals surface area contributed by atoms with Crippen molar-refractivity contribution in [1.82, 2.24) is 9.80 Å². The van der Waals surface area contributed by atoms with Gasteiger partial charge in [0, 0.05) is 25.7 Å². The molecular formula is C19H30N2O2. The highest BCUT2D eigenvalue weighted by atomic mass is 16.5. The summed E-state index contributed by atoms with van der Waals surface area (Å²) >= 11 is 0. The van der Waals surface area contributed by atoms with E-state index in [0.29, 0.717) is 6.04 Å². The van der Waals surface area contributed by atoms with E-state index in [9.17, 15) is 0 Å². The highest BCUT2D eigenvalue weighted by Gasteiger charge is 2.20. The lowest BCUT2D eigenvalue weighted by atomic mass is 9.98. The van der Waals surface area contributed by atoms with Gasteiger partial charge in [-0.05, 0) is 56.6 Å². The smallest absolute Gasteiger partial charge is 0.119 e. The van der Waals surface area contributed by atoms with E-state index >= 15 is 0 Å². The van der Waals surface area contributed by atoms with Gasteiger partial charge >= 0.3 is 0 Å². The van der Waals surface area contributed by atoms with Crippen molar-refractivity contribution in [3.05, 3.63) is 29.3 Å².